The average molecular weight is 252 g/mol. The van der Waals surface area contributed by atoms with E-state index in [1.807, 2.05) is 0 Å². The van der Waals surface area contributed by atoms with E-state index >= 15 is 0 Å². The maximum atomic E-state index is 12.3. The van der Waals surface area contributed by atoms with E-state index in [-0.39, 0.29) is 0 Å². The van der Waals surface area contributed by atoms with E-state index in [1.165, 1.54) is 0 Å². The molecule has 3 nitrogen and oxygen atoms in total. The van der Waals surface area contributed by atoms with Gasteiger partial charge < -0.3 is 5.73 Å². The smallest absolute Gasteiger partial charge is 0.368 e. The number of halogens is 3. The summed E-state index contributed by atoms with van der Waals surface area (Å²) >= 11 is 0. The van der Waals surface area contributed by atoms with Crippen LogP contribution in [0.25, 0.3) is 0 Å². The van der Waals surface area contributed by atoms with Crippen LogP contribution in [0.15, 0.2) is 0 Å². The number of amides is 1. The van der Waals surface area contributed by atoms with Crippen molar-refractivity contribution in [2.75, 3.05) is 6.54 Å². The minimum Gasteiger partial charge on any atom is -0.368 e. The number of hydrogen-bond donors (Lipinski definition) is 2. The lowest BCUT2D eigenvalue weighted by atomic mass is 9.62. The fraction of sp³-hybridized carbons (Fsp3) is 0.909. The maximum absolute atomic E-state index is 12.3. The molecular formula is C11H19F3N2O. The first-order valence-corrected chi connectivity index (χ1v) is 5.72. The monoisotopic (exact) mass is 252 g/mol. The molecule has 1 rings (SSSR count). The quantitative estimate of drug-likeness (QED) is 0.806. The van der Waals surface area contributed by atoms with Crippen molar-refractivity contribution in [3.8, 4) is 0 Å². The van der Waals surface area contributed by atoms with Crippen molar-refractivity contribution >= 4 is 5.91 Å². The van der Waals surface area contributed by atoms with Crippen LogP contribution in [0.4, 0.5) is 13.2 Å². The predicted molar refractivity (Wildman–Crippen MR) is 58.2 cm³/mol. The van der Waals surface area contributed by atoms with E-state index in [9.17, 15) is 18.0 Å². The van der Waals surface area contributed by atoms with Crippen LogP contribution in [-0.2, 0) is 4.79 Å². The summed E-state index contributed by atoms with van der Waals surface area (Å²) < 4.78 is 36.8. The van der Waals surface area contributed by atoms with Gasteiger partial charge in [-0.1, -0.05) is 26.7 Å². The molecule has 0 spiro atoms. The third kappa shape index (κ3) is 2.91. The number of rotatable bonds is 3. The van der Waals surface area contributed by atoms with Gasteiger partial charge in [0.05, 0.1) is 6.54 Å². The lowest BCUT2D eigenvalue weighted by molar-refractivity contribution is -0.144. The largest absolute Gasteiger partial charge is 0.401 e. The van der Waals surface area contributed by atoms with Gasteiger partial charge in [-0.05, 0) is 18.3 Å². The molecule has 1 aliphatic carbocycles. The van der Waals surface area contributed by atoms with Crippen LogP contribution in [0, 0.1) is 5.41 Å². The number of nitrogens with two attached hydrogens (primary N) is 1. The third-order valence-electron chi connectivity index (χ3n) is 3.77. The Hall–Kier alpha value is -0.780. The number of nitrogens with one attached hydrogen (secondary N) is 1. The van der Waals surface area contributed by atoms with Gasteiger partial charge in [-0.2, -0.15) is 13.2 Å². The Morgan fingerprint density at radius 1 is 1.29 bits per heavy atom. The molecule has 0 aromatic heterocycles. The molecule has 0 aromatic rings. The van der Waals surface area contributed by atoms with Gasteiger partial charge in [0.1, 0.15) is 5.54 Å². The molecule has 3 N–H and O–H groups in total. The van der Waals surface area contributed by atoms with Crippen molar-refractivity contribution in [3.05, 3.63) is 0 Å². The second-order valence-corrected chi connectivity index (χ2v) is 5.33. The van der Waals surface area contributed by atoms with Gasteiger partial charge in [-0.25, -0.2) is 0 Å². The number of carbonyl (C=O) groups is 1. The normalized spacial score (nSPS) is 29.0. The molecule has 0 saturated heterocycles. The molecule has 6 heteroatoms. The summed E-state index contributed by atoms with van der Waals surface area (Å²) in [5, 5.41) is 2.37. The van der Waals surface area contributed by atoms with Crippen LogP contribution in [0.3, 0.4) is 0 Å². The lowest BCUT2D eigenvalue weighted by Gasteiger charge is -2.48. The molecule has 1 atom stereocenters. The van der Waals surface area contributed by atoms with Crippen LogP contribution in [0.2, 0.25) is 0 Å². The van der Waals surface area contributed by atoms with Crippen LogP contribution < -0.4 is 11.1 Å². The second-order valence-electron chi connectivity index (χ2n) is 5.33. The number of carbonyl (C=O) groups excluding carboxylic acids is 1. The third-order valence-corrected chi connectivity index (χ3v) is 3.77. The van der Waals surface area contributed by atoms with Crippen molar-refractivity contribution in [2.45, 2.75) is 51.2 Å². The van der Waals surface area contributed by atoms with Gasteiger partial charge in [-0.3, -0.25) is 10.1 Å². The van der Waals surface area contributed by atoms with E-state index < -0.39 is 29.6 Å². The Labute approximate surface area is 98.9 Å². The molecular weight excluding hydrogens is 233 g/mol. The van der Waals surface area contributed by atoms with Crippen LogP contribution in [-0.4, -0.2) is 24.2 Å². The molecule has 1 unspecified atom stereocenters. The second kappa shape index (κ2) is 4.48. The van der Waals surface area contributed by atoms with Crippen LogP contribution in [0.1, 0.15) is 39.5 Å². The summed E-state index contributed by atoms with van der Waals surface area (Å²) in [5.74, 6) is -0.688. The van der Waals surface area contributed by atoms with E-state index in [1.54, 1.807) is 13.8 Å². The SMILES string of the molecule is CC1(C)CCCCC1(NCC(F)(F)F)C(N)=O. The highest BCUT2D eigenvalue weighted by atomic mass is 19.4. The minimum absolute atomic E-state index is 0.366. The number of primary amides is 1. The first kappa shape index (κ1) is 14.3. The number of alkyl halides is 3. The van der Waals surface area contributed by atoms with E-state index in [0.717, 1.165) is 12.8 Å². The van der Waals surface area contributed by atoms with Gasteiger partial charge in [0.15, 0.2) is 0 Å². The minimum atomic E-state index is -4.34. The summed E-state index contributed by atoms with van der Waals surface area (Å²) in [4.78, 5) is 11.6. The molecule has 0 aliphatic heterocycles. The van der Waals surface area contributed by atoms with Gasteiger partial charge in [-0.15, -0.1) is 0 Å². The van der Waals surface area contributed by atoms with E-state index in [0.29, 0.717) is 12.8 Å². The van der Waals surface area contributed by atoms with E-state index in [4.69, 9.17) is 5.73 Å². The zero-order chi connectivity index (χ0) is 13.3. The predicted octanol–water partition coefficient (Wildman–Crippen LogP) is 1.96. The van der Waals surface area contributed by atoms with Gasteiger partial charge in [0, 0.05) is 0 Å². The summed E-state index contributed by atoms with van der Waals surface area (Å²) in [6.07, 6.45) is -1.64. The van der Waals surface area contributed by atoms with Crippen molar-refractivity contribution in [3.63, 3.8) is 0 Å². The molecule has 0 bridgehead atoms. The van der Waals surface area contributed by atoms with Gasteiger partial charge >= 0.3 is 6.18 Å². The van der Waals surface area contributed by atoms with Crippen molar-refractivity contribution in [2.24, 2.45) is 11.1 Å². The topological polar surface area (TPSA) is 55.1 Å². The highest BCUT2D eigenvalue weighted by Crippen LogP contribution is 2.44. The van der Waals surface area contributed by atoms with Crippen molar-refractivity contribution in [1.29, 1.82) is 0 Å². The summed E-state index contributed by atoms with van der Waals surface area (Å²) in [5.41, 5.74) is 3.54. The van der Waals surface area contributed by atoms with Crippen molar-refractivity contribution < 1.29 is 18.0 Å². The first-order valence-electron chi connectivity index (χ1n) is 5.72. The molecule has 1 amide bonds. The standard InChI is InChI=1S/C11H19F3N2O/c1-9(2)5-3-4-6-10(9,8(15)17)16-7-11(12,13)14/h16H,3-7H2,1-2H3,(H2,15,17). The maximum Gasteiger partial charge on any atom is 0.401 e. The molecule has 0 aromatic carbocycles. The molecule has 1 saturated carbocycles. The zero-order valence-electron chi connectivity index (χ0n) is 10.2. The van der Waals surface area contributed by atoms with Crippen LogP contribution in [0.5, 0.6) is 0 Å². The molecule has 0 radical (unpaired) electrons. The molecule has 1 fully saturated rings. The molecule has 100 valence electrons. The summed E-state index contributed by atoms with van der Waals surface area (Å²) in [6, 6.07) is 0. The molecule has 0 heterocycles. The van der Waals surface area contributed by atoms with Crippen LogP contribution >= 0.6 is 0 Å². The van der Waals surface area contributed by atoms with Crippen molar-refractivity contribution in [1.82, 2.24) is 5.32 Å². The Kier molecular flexibility index (Phi) is 3.76. The highest BCUT2D eigenvalue weighted by Gasteiger charge is 2.52. The fourth-order valence-corrected chi connectivity index (χ4v) is 2.63. The summed E-state index contributed by atoms with van der Waals surface area (Å²) in [7, 11) is 0. The Morgan fingerprint density at radius 3 is 2.24 bits per heavy atom. The Balaban J connectivity index is 2.92. The van der Waals surface area contributed by atoms with Gasteiger partial charge in [0.2, 0.25) is 5.91 Å². The number of hydrogen-bond acceptors (Lipinski definition) is 2. The van der Waals surface area contributed by atoms with E-state index in [2.05, 4.69) is 5.32 Å². The fourth-order valence-electron chi connectivity index (χ4n) is 2.63. The molecule has 17 heavy (non-hydrogen) atoms. The highest BCUT2D eigenvalue weighted by molar-refractivity contribution is 5.85. The lowest BCUT2D eigenvalue weighted by Crippen LogP contribution is -2.66. The Morgan fingerprint density at radius 2 is 1.82 bits per heavy atom. The summed E-state index contributed by atoms with van der Waals surface area (Å²) in [6.45, 7) is 2.40. The van der Waals surface area contributed by atoms with Gasteiger partial charge in [0.25, 0.3) is 0 Å². The zero-order valence-corrected chi connectivity index (χ0v) is 10.2. The average Bonchev–Trinajstić information content (AvgIpc) is 2.13. The Bertz CT molecular complexity index is 302. The first-order chi connectivity index (χ1) is 7.61. The molecule has 1 aliphatic rings.